The predicted octanol–water partition coefficient (Wildman–Crippen LogP) is 1.50. The Bertz CT molecular complexity index is 284. The van der Waals surface area contributed by atoms with E-state index in [4.69, 9.17) is 10.5 Å². The lowest BCUT2D eigenvalue weighted by Crippen LogP contribution is -1.99. The summed E-state index contributed by atoms with van der Waals surface area (Å²) < 4.78 is 5.34. The standard InChI is InChI=1S/C10H14N2O/c1-2-3-6-13-10-7-9(8-11)4-5-12-10/h2-5,7H,6,8,11H2,1H3. The molecule has 13 heavy (non-hydrogen) atoms. The van der Waals surface area contributed by atoms with Gasteiger partial charge in [-0.15, -0.1) is 0 Å². The van der Waals surface area contributed by atoms with Crippen molar-refractivity contribution in [2.75, 3.05) is 6.61 Å². The second-order valence-electron chi connectivity index (χ2n) is 2.59. The minimum Gasteiger partial charge on any atom is -0.473 e. The van der Waals surface area contributed by atoms with E-state index in [1.165, 1.54) is 0 Å². The van der Waals surface area contributed by atoms with Gasteiger partial charge in [0.05, 0.1) is 0 Å². The van der Waals surface area contributed by atoms with Crippen molar-refractivity contribution in [3.05, 3.63) is 36.0 Å². The average Bonchev–Trinajstić information content (AvgIpc) is 2.19. The third kappa shape index (κ3) is 3.25. The van der Waals surface area contributed by atoms with Crippen LogP contribution >= 0.6 is 0 Å². The zero-order chi connectivity index (χ0) is 9.52. The number of hydrogen-bond acceptors (Lipinski definition) is 3. The molecular formula is C10H14N2O. The fourth-order valence-electron chi connectivity index (χ4n) is 0.886. The van der Waals surface area contributed by atoms with Gasteiger partial charge in [-0.1, -0.05) is 12.2 Å². The second-order valence-corrected chi connectivity index (χ2v) is 2.59. The zero-order valence-electron chi connectivity index (χ0n) is 7.73. The first-order valence-corrected chi connectivity index (χ1v) is 4.25. The molecule has 0 fully saturated rings. The first-order chi connectivity index (χ1) is 6.36. The van der Waals surface area contributed by atoms with Crippen molar-refractivity contribution < 1.29 is 4.74 Å². The van der Waals surface area contributed by atoms with Crippen LogP contribution in [0.25, 0.3) is 0 Å². The van der Waals surface area contributed by atoms with Gasteiger partial charge >= 0.3 is 0 Å². The Morgan fingerprint density at radius 1 is 1.62 bits per heavy atom. The predicted molar refractivity (Wildman–Crippen MR) is 52.4 cm³/mol. The van der Waals surface area contributed by atoms with E-state index < -0.39 is 0 Å². The first kappa shape index (κ1) is 9.74. The fourth-order valence-corrected chi connectivity index (χ4v) is 0.886. The zero-order valence-corrected chi connectivity index (χ0v) is 7.73. The summed E-state index contributed by atoms with van der Waals surface area (Å²) in [5, 5.41) is 0. The molecule has 1 aromatic heterocycles. The van der Waals surface area contributed by atoms with Crippen LogP contribution in [-0.2, 0) is 6.54 Å². The van der Waals surface area contributed by atoms with E-state index in [0.717, 1.165) is 5.56 Å². The molecule has 70 valence electrons. The number of nitrogens with zero attached hydrogens (tertiary/aromatic N) is 1. The quantitative estimate of drug-likeness (QED) is 0.711. The molecule has 0 bridgehead atoms. The lowest BCUT2D eigenvalue weighted by molar-refractivity contribution is 0.348. The Labute approximate surface area is 78.2 Å². The molecule has 0 spiro atoms. The van der Waals surface area contributed by atoms with Crippen LogP contribution in [0.5, 0.6) is 5.88 Å². The maximum Gasteiger partial charge on any atom is 0.213 e. The summed E-state index contributed by atoms with van der Waals surface area (Å²) in [7, 11) is 0. The number of ether oxygens (including phenoxy) is 1. The highest BCUT2D eigenvalue weighted by Crippen LogP contribution is 2.08. The molecule has 0 aliphatic rings. The van der Waals surface area contributed by atoms with E-state index in [9.17, 15) is 0 Å². The van der Waals surface area contributed by atoms with Crippen LogP contribution in [0.4, 0.5) is 0 Å². The topological polar surface area (TPSA) is 48.1 Å². The van der Waals surface area contributed by atoms with Crippen LogP contribution in [0.15, 0.2) is 30.5 Å². The number of nitrogens with two attached hydrogens (primary N) is 1. The molecule has 0 aliphatic carbocycles. The number of hydrogen-bond donors (Lipinski definition) is 1. The molecule has 3 nitrogen and oxygen atoms in total. The highest BCUT2D eigenvalue weighted by Gasteiger charge is 1.94. The van der Waals surface area contributed by atoms with E-state index in [1.807, 2.05) is 31.2 Å². The molecule has 1 rings (SSSR count). The Morgan fingerprint density at radius 2 is 2.46 bits per heavy atom. The van der Waals surface area contributed by atoms with Gasteiger partial charge in [0.1, 0.15) is 6.61 Å². The van der Waals surface area contributed by atoms with Gasteiger partial charge in [0.2, 0.25) is 5.88 Å². The van der Waals surface area contributed by atoms with Gasteiger partial charge in [0.15, 0.2) is 0 Å². The summed E-state index contributed by atoms with van der Waals surface area (Å²) in [6.45, 7) is 3.02. The fraction of sp³-hybridized carbons (Fsp3) is 0.300. The van der Waals surface area contributed by atoms with Gasteiger partial charge in [-0.2, -0.15) is 0 Å². The van der Waals surface area contributed by atoms with Crippen molar-refractivity contribution >= 4 is 0 Å². The number of aromatic nitrogens is 1. The molecule has 0 aliphatic heterocycles. The third-order valence-electron chi connectivity index (χ3n) is 1.60. The molecule has 2 N–H and O–H groups in total. The summed E-state index contributed by atoms with van der Waals surface area (Å²) in [6.07, 6.45) is 5.57. The molecule has 0 amide bonds. The molecule has 0 atom stereocenters. The molecular weight excluding hydrogens is 164 g/mol. The summed E-state index contributed by atoms with van der Waals surface area (Å²) in [4.78, 5) is 4.05. The smallest absolute Gasteiger partial charge is 0.213 e. The van der Waals surface area contributed by atoms with Crippen LogP contribution in [-0.4, -0.2) is 11.6 Å². The number of pyridine rings is 1. The van der Waals surface area contributed by atoms with Crippen LogP contribution in [0, 0.1) is 0 Å². The summed E-state index contributed by atoms with van der Waals surface area (Å²) in [5.74, 6) is 0.626. The molecule has 1 heterocycles. The Balaban J connectivity index is 2.56. The number of rotatable bonds is 4. The lowest BCUT2D eigenvalue weighted by atomic mass is 10.3. The molecule has 3 heteroatoms. The van der Waals surface area contributed by atoms with Gasteiger partial charge in [-0.05, 0) is 18.6 Å². The van der Waals surface area contributed by atoms with Crippen molar-refractivity contribution in [2.45, 2.75) is 13.5 Å². The van der Waals surface area contributed by atoms with Crippen molar-refractivity contribution in [1.82, 2.24) is 4.98 Å². The van der Waals surface area contributed by atoms with Gasteiger partial charge < -0.3 is 10.5 Å². The summed E-state index contributed by atoms with van der Waals surface area (Å²) >= 11 is 0. The average molecular weight is 178 g/mol. The molecule has 0 saturated carbocycles. The van der Waals surface area contributed by atoms with E-state index in [-0.39, 0.29) is 0 Å². The maximum atomic E-state index is 5.48. The van der Waals surface area contributed by atoms with Crippen LogP contribution < -0.4 is 10.5 Å². The minimum atomic E-state index is 0.516. The van der Waals surface area contributed by atoms with E-state index >= 15 is 0 Å². The normalized spacial score (nSPS) is 10.6. The van der Waals surface area contributed by atoms with Gasteiger partial charge in [0.25, 0.3) is 0 Å². The van der Waals surface area contributed by atoms with Gasteiger partial charge in [0, 0.05) is 18.8 Å². The first-order valence-electron chi connectivity index (χ1n) is 4.25. The maximum absolute atomic E-state index is 5.48. The van der Waals surface area contributed by atoms with Crippen molar-refractivity contribution in [2.24, 2.45) is 5.73 Å². The lowest BCUT2D eigenvalue weighted by Gasteiger charge is -2.02. The summed E-state index contributed by atoms with van der Waals surface area (Å²) in [6, 6.07) is 3.73. The third-order valence-corrected chi connectivity index (χ3v) is 1.60. The van der Waals surface area contributed by atoms with Gasteiger partial charge in [-0.25, -0.2) is 4.98 Å². The summed E-state index contributed by atoms with van der Waals surface area (Å²) in [5.41, 5.74) is 6.51. The van der Waals surface area contributed by atoms with E-state index in [2.05, 4.69) is 4.98 Å². The van der Waals surface area contributed by atoms with E-state index in [0.29, 0.717) is 19.0 Å². The molecule has 0 saturated heterocycles. The minimum absolute atomic E-state index is 0.516. The van der Waals surface area contributed by atoms with Crippen molar-refractivity contribution in [3.63, 3.8) is 0 Å². The molecule has 1 aromatic rings. The largest absolute Gasteiger partial charge is 0.473 e. The van der Waals surface area contributed by atoms with Crippen LogP contribution in [0.1, 0.15) is 12.5 Å². The van der Waals surface area contributed by atoms with Crippen LogP contribution in [0.3, 0.4) is 0 Å². The van der Waals surface area contributed by atoms with Crippen LogP contribution in [0.2, 0.25) is 0 Å². The Hall–Kier alpha value is -1.35. The van der Waals surface area contributed by atoms with Crippen molar-refractivity contribution in [3.8, 4) is 5.88 Å². The molecule has 0 unspecified atom stereocenters. The monoisotopic (exact) mass is 178 g/mol. The highest BCUT2D eigenvalue weighted by atomic mass is 16.5. The molecule has 0 radical (unpaired) electrons. The van der Waals surface area contributed by atoms with Gasteiger partial charge in [-0.3, -0.25) is 0 Å². The molecule has 0 aromatic carbocycles. The SMILES string of the molecule is CC=CCOc1cc(CN)ccn1. The Kier molecular flexibility index (Phi) is 3.99. The number of allylic oxidation sites excluding steroid dienone is 1. The Morgan fingerprint density at radius 3 is 3.15 bits per heavy atom. The highest BCUT2D eigenvalue weighted by molar-refractivity contribution is 5.20. The van der Waals surface area contributed by atoms with E-state index in [1.54, 1.807) is 6.20 Å². The second kappa shape index (κ2) is 5.32. The van der Waals surface area contributed by atoms with Crippen molar-refractivity contribution in [1.29, 1.82) is 0 Å².